The maximum atomic E-state index is 12.4. The molecule has 2 rings (SSSR count). The second-order valence-electron chi connectivity index (χ2n) is 5.68. The van der Waals surface area contributed by atoms with Gasteiger partial charge < -0.3 is 15.5 Å². The van der Waals surface area contributed by atoms with Crippen LogP contribution in [0.4, 0.5) is 5.69 Å². The van der Waals surface area contributed by atoms with Gasteiger partial charge in [-0.05, 0) is 18.1 Å². The van der Waals surface area contributed by atoms with Crippen molar-refractivity contribution in [3.05, 3.63) is 29.3 Å². The number of para-hydroxylation sites is 1. The van der Waals surface area contributed by atoms with E-state index >= 15 is 0 Å². The molecule has 1 fully saturated rings. The smallest absolute Gasteiger partial charge is 0.239 e. The molecule has 1 aliphatic rings. The van der Waals surface area contributed by atoms with Crippen molar-refractivity contribution in [2.75, 3.05) is 31.1 Å². The molecule has 1 saturated heterocycles. The fourth-order valence-electron chi connectivity index (χ4n) is 2.58. The average Bonchev–Trinajstić information content (AvgIpc) is 2.53. The zero-order valence-electron chi connectivity index (χ0n) is 12.8. The number of carbonyl (C=O) groups is 1. The monoisotopic (exact) mass is 309 g/mol. The predicted molar refractivity (Wildman–Crippen MR) is 87.7 cm³/mol. The van der Waals surface area contributed by atoms with Crippen molar-refractivity contribution in [1.29, 1.82) is 0 Å². The van der Waals surface area contributed by atoms with Crippen molar-refractivity contribution in [1.82, 2.24) is 4.90 Å². The summed E-state index contributed by atoms with van der Waals surface area (Å²) in [5, 5.41) is 0.758. The molecule has 0 spiro atoms. The zero-order valence-corrected chi connectivity index (χ0v) is 13.5. The molecule has 1 unspecified atom stereocenters. The molecule has 5 heteroatoms. The van der Waals surface area contributed by atoms with Gasteiger partial charge in [-0.15, -0.1) is 0 Å². The van der Waals surface area contributed by atoms with E-state index in [4.69, 9.17) is 17.3 Å². The Labute approximate surface area is 131 Å². The molecule has 0 radical (unpaired) electrons. The van der Waals surface area contributed by atoms with Gasteiger partial charge in [0.2, 0.25) is 5.91 Å². The third-order valence-corrected chi connectivity index (χ3v) is 4.65. The van der Waals surface area contributed by atoms with Crippen LogP contribution in [0.3, 0.4) is 0 Å². The number of hydrogen-bond donors (Lipinski definition) is 1. The zero-order chi connectivity index (χ0) is 15.4. The first kappa shape index (κ1) is 16.1. The van der Waals surface area contributed by atoms with Crippen LogP contribution in [0.2, 0.25) is 5.02 Å². The second-order valence-corrected chi connectivity index (χ2v) is 6.08. The van der Waals surface area contributed by atoms with Gasteiger partial charge in [0.05, 0.1) is 16.8 Å². The lowest BCUT2D eigenvalue weighted by Crippen LogP contribution is -2.54. The lowest BCUT2D eigenvalue weighted by atomic mass is 9.98. The van der Waals surface area contributed by atoms with Crippen LogP contribution in [0.25, 0.3) is 0 Å². The number of carbonyl (C=O) groups excluding carboxylic acids is 1. The minimum Gasteiger partial charge on any atom is -0.367 e. The van der Waals surface area contributed by atoms with Crippen LogP contribution in [0.1, 0.15) is 20.3 Å². The number of piperazine rings is 1. The van der Waals surface area contributed by atoms with Gasteiger partial charge in [-0.3, -0.25) is 4.79 Å². The van der Waals surface area contributed by atoms with E-state index in [0.717, 1.165) is 30.2 Å². The number of hydrogen-bond acceptors (Lipinski definition) is 3. The summed E-state index contributed by atoms with van der Waals surface area (Å²) < 4.78 is 0. The highest BCUT2D eigenvalue weighted by Gasteiger charge is 2.28. The fraction of sp³-hybridized carbons (Fsp3) is 0.562. The van der Waals surface area contributed by atoms with E-state index in [0.29, 0.717) is 13.1 Å². The molecule has 0 bridgehead atoms. The first-order chi connectivity index (χ1) is 10.0. The highest BCUT2D eigenvalue weighted by Crippen LogP contribution is 2.26. The molecule has 1 heterocycles. The van der Waals surface area contributed by atoms with E-state index in [2.05, 4.69) is 11.8 Å². The molecule has 1 aromatic carbocycles. The second kappa shape index (κ2) is 7.14. The van der Waals surface area contributed by atoms with Crippen LogP contribution < -0.4 is 10.6 Å². The van der Waals surface area contributed by atoms with Gasteiger partial charge in [-0.1, -0.05) is 44.0 Å². The Morgan fingerprint density at radius 1 is 1.29 bits per heavy atom. The fourth-order valence-corrected chi connectivity index (χ4v) is 2.84. The third-order valence-electron chi connectivity index (χ3n) is 4.33. The lowest BCUT2D eigenvalue weighted by Gasteiger charge is -2.38. The Morgan fingerprint density at radius 3 is 2.48 bits per heavy atom. The van der Waals surface area contributed by atoms with Crippen LogP contribution in [0.5, 0.6) is 0 Å². The largest absolute Gasteiger partial charge is 0.367 e. The number of halogens is 1. The van der Waals surface area contributed by atoms with E-state index in [-0.39, 0.29) is 17.9 Å². The van der Waals surface area contributed by atoms with Crippen LogP contribution in [0.15, 0.2) is 24.3 Å². The van der Waals surface area contributed by atoms with Crippen molar-refractivity contribution < 1.29 is 4.79 Å². The summed E-state index contributed by atoms with van der Waals surface area (Å²) in [6, 6.07) is 7.44. The van der Waals surface area contributed by atoms with Crippen molar-refractivity contribution in [2.45, 2.75) is 26.3 Å². The highest BCUT2D eigenvalue weighted by molar-refractivity contribution is 6.33. The van der Waals surface area contributed by atoms with Crippen molar-refractivity contribution in [3.63, 3.8) is 0 Å². The Bertz CT molecular complexity index is 486. The molecule has 0 aliphatic carbocycles. The summed E-state index contributed by atoms with van der Waals surface area (Å²) in [7, 11) is 0. The van der Waals surface area contributed by atoms with Crippen molar-refractivity contribution in [2.24, 2.45) is 11.7 Å². The van der Waals surface area contributed by atoms with E-state index in [1.807, 2.05) is 36.1 Å². The minimum absolute atomic E-state index is 0.0724. The number of benzene rings is 1. The van der Waals surface area contributed by atoms with Gasteiger partial charge in [0.25, 0.3) is 0 Å². The maximum Gasteiger partial charge on any atom is 0.239 e. The Balaban J connectivity index is 1.94. The maximum absolute atomic E-state index is 12.4. The van der Waals surface area contributed by atoms with E-state index in [9.17, 15) is 4.79 Å². The third kappa shape index (κ3) is 3.69. The topological polar surface area (TPSA) is 49.6 Å². The van der Waals surface area contributed by atoms with Gasteiger partial charge in [-0.25, -0.2) is 0 Å². The summed E-state index contributed by atoms with van der Waals surface area (Å²) in [6.07, 6.45) is 0.923. The number of rotatable bonds is 4. The quantitative estimate of drug-likeness (QED) is 0.929. The number of amides is 1. The summed E-state index contributed by atoms with van der Waals surface area (Å²) in [6.45, 7) is 7.09. The standard InChI is InChI=1S/C16H24ClN3O/c1-3-12(2)15(18)16(21)20-10-8-19(9-11-20)14-7-5-4-6-13(14)17/h4-7,12,15H,3,8-11,18H2,1-2H3/t12?,15-/m0/s1. The molecule has 1 aromatic rings. The Hall–Kier alpha value is -1.26. The van der Waals surface area contributed by atoms with Crippen molar-refractivity contribution >= 4 is 23.2 Å². The molecule has 0 saturated carbocycles. The summed E-state index contributed by atoms with van der Waals surface area (Å²) in [5.74, 6) is 0.294. The SMILES string of the molecule is CCC(C)[C@H](N)C(=O)N1CCN(c2ccccc2Cl)CC1. The Morgan fingerprint density at radius 2 is 1.90 bits per heavy atom. The van der Waals surface area contributed by atoms with Gasteiger partial charge in [0, 0.05) is 26.2 Å². The van der Waals surface area contributed by atoms with Crippen LogP contribution in [-0.4, -0.2) is 43.0 Å². The van der Waals surface area contributed by atoms with Crippen LogP contribution in [-0.2, 0) is 4.79 Å². The predicted octanol–water partition coefficient (Wildman–Crippen LogP) is 2.36. The molecular formula is C16H24ClN3O. The molecule has 0 aromatic heterocycles. The van der Waals surface area contributed by atoms with Gasteiger partial charge in [-0.2, -0.15) is 0 Å². The molecule has 1 amide bonds. The molecular weight excluding hydrogens is 286 g/mol. The number of nitrogens with two attached hydrogens (primary N) is 1. The molecule has 116 valence electrons. The van der Waals surface area contributed by atoms with Gasteiger partial charge in [0.1, 0.15) is 0 Å². The minimum atomic E-state index is -0.387. The highest BCUT2D eigenvalue weighted by atomic mass is 35.5. The number of nitrogens with zero attached hydrogens (tertiary/aromatic N) is 2. The Kier molecular flexibility index (Phi) is 5.48. The van der Waals surface area contributed by atoms with Crippen LogP contribution in [0, 0.1) is 5.92 Å². The molecule has 4 nitrogen and oxygen atoms in total. The average molecular weight is 310 g/mol. The van der Waals surface area contributed by atoms with E-state index in [1.165, 1.54) is 0 Å². The van der Waals surface area contributed by atoms with Crippen LogP contribution >= 0.6 is 11.6 Å². The van der Waals surface area contributed by atoms with Gasteiger partial charge >= 0.3 is 0 Å². The summed E-state index contributed by atoms with van der Waals surface area (Å²) in [4.78, 5) is 16.5. The molecule has 2 N–H and O–H groups in total. The van der Waals surface area contributed by atoms with E-state index < -0.39 is 0 Å². The molecule has 2 atom stereocenters. The number of anilines is 1. The summed E-state index contributed by atoms with van der Waals surface area (Å²) in [5.41, 5.74) is 7.09. The normalized spacial score (nSPS) is 18.5. The molecule has 1 aliphatic heterocycles. The van der Waals surface area contributed by atoms with Gasteiger partial charge in [0.15, 0.2) is 0 Å². The van der Waals surface area contributed by atoms with E-state index in [1.54, 1.807) is 0 Å². The van der Waals surface area contributed by atoms with Crippen molar-refractivity contribution in [3.8, 4) is 0 Å². The lowest BCUT2D eigenvalue weighted by molar-refractivity contribution is -0.134. The first-order valence-electron chi connectivity index (χ1n) is 7.58. The summed E-state index contributed by atoms with van der Waals surface area (Å²) >= 11 is 6.23. The first-order valence-corrected chi connectivity index (χ1v) is 7.96. The molecule has 21 heavy (non-hydrogen) atoms.